The van der Waals surface area contributed by atoms with Crippen molar-refractivity contribution in [3.8, 4) is 0 Å². The molecule has 0 aliphatic rings. The molecule has 0 unspecified atom stereocenters. The van der Waals surface area contributed by atoms with E-state index in [-0.39, 0.29) is 5.91 Å². The highest BCUT2D eigenvalue weighted by Gasteiger charge is 2.10. The molecule has 0 aliphatic carbocycles. The highest BCUT2D eigenvalue weighted by molar-refractivity contribution is 7.03. The number of carbonyl (C=O) groups is 1. The molecule has 0 saturated carbocycles. The Morgan fingerprint density at radius 2 is 2.17 bits per heavy atom. The second-order valence-corrected chi connectivity index (χ2v) is 5.38. The van der Waals surface area contributed by atoms with Crippen LogP contribution in [-0.2, 0) is 17.9 Å². The first kappa shape index (κ1) is 15.3. The average molecular weight is 329 g/mol. The van der Waals surface area contributed by atoms with Crippen LogP contribution < -0.4 is 5.32 Å². The van der Waals surface area contributed by atoms with Gasteiger partial charge in [-0.25, -0.2) is 0 Å². The van der Waals surface area contributed by atoms with Gasteiger partial charge in [0, 0.05) is 11.6 Å². The fourth-order valence-electron chi connectivity index (χ4n) is 1.93. The Hall–Kier alpha value is -2.58. The van der Waals surface area contributed by atoms with Crippen molar-refractivity contribution in [1.82, 2.24) is 19.4 Å². The molecule has 0 fully saturated rings. The molecule has 0 atom stereocenters. The minimum absolute atomic E-state index is 0.293. The summed E-state index contributed by atoms with van der Waals surface area (Å²) < 4.78 is 11.0. The molecule has 0 radical (unpaired) electrons. The number of benzene rings is 1. The van der Waals surface area contributed by atoms with E-state index in [1.807, 2.05) is 30.3 Å². The molecule has 7 nitrogen and oxygen atoms in total. The molecule has 1 aromatic carbocycles. The normalized spacial score (nSPS) is 10.6. The lowest BCUT2D eigenvalue weighted by Gasteiger charge is -2.04. The monoisotopic (exact) mass is 329 g/mol. The number of hydrogen-bond acceptors (Lipinski definition) is 6. The highest BCUT2D eigenvalue weighted by Crippen LogP contribution is 2.08. The number of ether oxygens (including phenoxy) is 1. The van der Waals surface area contributed by atoms with Crippen molar-refractivity contribution in [1.29, 1.82) is 0 Å². The third-order valence-electron chi connectivity index (χ3n) is 3.06. The molecule has 2 heterocycles. The Morgan fingerprint density at radius 1 is 1.30 bits per heavy atom. The maximum Gasteiger partial charge on any atom is 0.277 e. The molecule has 118 valence electrons. The predicted molar refractivity (Wildman–Crippen MR) is 86.2 cm³/mol. The first-order valence-corrected chi connectivity index (χ1v) is 7.87. The van der Waals surface area contributed by atoms with E-state index in [9.17, 15) is 4.79 Å². The SMILES string of the molecule is O=C(Nc1cnn(CCOCc2ccccc2)c1)c1csnn1. The fraction of sp³-hybridized carbons (Fsp3) is 0.200. The summed E-state index contributed by atoms with van der Waals surface area (Å²) in [5.74, 6) is -0.293. The van der Waals surface area contributed by atoms with Gasteiger partial charge < -0.3 is 10.1 Å². The fourth-order valence-corrected chi connectivity index (χ4v) is 2.37. The Balaban J connectivity index is 1.43. The van der Waals surface area contributed by atoms with Crippen molar-refractivity contribution in [2.75, 3.05) is 11.9 Å². The van der Waals surface area contributed by atoms with E-state index >= 15 is 0 Å². The van der Waals surface area contributed by atoms with Gasteiger partial charge in [0.25, 0.3) is 5.91 Å². The van der Waals surface area contributed by atoms with Crippen LogP contribution in [-0.4, -0.2) is 31.9 Å². The molecule has 23 heavy (non-hydrogen) atoms. The summed E-state index contributed by atoms with van der Waals surface area (Å²) in [7, 11) is 0. The average Bonchev–Trinajstić information content (AvgIpc) is 3.24. The topological polar surface area (TPSA) is 81.9 Å². The van der Waals surface area contributed by atoms with Crippen LogP contribution in [0.3, 0.4) is 0 Å². The zero-order valence-electron chi connectivity index (χ0n) is 12.3. The van der Waals surface area contributed by atoms with Gasteiger partial charge in [-0.3, -0.25) is 9.48 Å². The number of aromatic nitrogens is 4. The third-order valence-corrected chi connectivity index (χ3v) is 3.56. The van der Waals surface area contributed by atoms with Crippen LogP contribution in [0.25, 0.3) is 0 Å². The molecule has 1 N–H and O–H groups in total. The van der Waals surface area contributed by atoms with Gasteiger partial charge in [0.05, 0.1) is 31.6 Å². The minimum Gasteiger partial charge on any atom is -0.375 e. The Morgan fingerprint density at radius 3 is 2.96 bits per heavy atom. The summed E-state index contributed by atoms with van der Waals surface area (Å²) in [4.78, 5) is 11.8. The lowest BCUT2D eigenvalue weighted by molar-refractivity contribution is 0.102. The largest absolute Gasteiger partial charge is 0.375 e. The quantitative estimate of drug-likeness (QED) is 0.672. The van der Waals surface area contributed by atoms with Crippen molar-refractivity contribution >= 4 is 23.1 Å². The van der Waals surface area contributed by atoms with Crippen molar-refractivity contribution in [3.63, 3.8) is 0 Å². The van der Waals surface area contributed by atoms with Gasteiger partial charge in [-0.2, -0.15) is 5.10 Å². The maximum absolute atomic E-state index is 11.8. The van der Waals surface area contributed by atoms with Crippen molar-refractivity contribution in [2.45, 2.75) is 13.2 Å². The van der Waals surface area contributed by atoms with Gasteiger partial charge in [0.1, 0.15) is 0 Å². The molecule has 0 spiro atoms. The van der Waals surface area contributed by atoms with E-state index in [2.05, 4.69) is 20.0 Å². The summed E-state index contributed by atoms with van der Waals surface area (Å²) in [6.07, 6.45) is 3.35. The zero-order valence-corrected chi connectivity index (χ0v) is 13.1. The maximum atomic E-state index is 11.8. The van der Waals surface area contributed by atoms with Gasteiger partial charge in [-0.15, -0.1) is 5.10 Å². The first-order chi connectivity index (χ1) is 11.3. The molecule has 2 aromatic heterocycles. The van der Waals surface area contributed by atoms with E-state index in [0.717, 1.165) is 17.1 Å². The number of amides is 1. The number of hydrogen-bond donors (Lipinski definition) is 1. The van der Waals surface area contributed by atoms with Gasteiger partial charge >= 0.3 is 0 Å². The molecular formula is C15H15N5O2S. The van der Waals surface area contributed by atoms with Gasteiger partial charge in [0.2, 0.25) is 0 Å². The number of rotatable bonds is 7. The zero-order chi connectivity index (χ0) is 15.9. The summed E-state index contributed by atoms with van der Waals surface area (Å²) in [6.45, 7) is 1.73. The lowest BCUT2D eigenvalue weighted by atomic mass is 10.2. The van der Waals surface area contributed by atoms with Crippen molar-refractivity contribution in [3.05, 3.63) is 59.4 Å². The number of carbonyl (C=O) groups excluding carboxylic acids is 1. The van der Waals surface area contributed by atoms with Crippen LogP contribution in [0.4, 0.5) is 5.69 Å². The van der Waals surface area contributed by atoms with Crippen LogP contribution in [0.5, 0.6) is 0 Å². The second-order valence-electron chi connectivity index (χ2n) is 4.77. The third kappa shape index (κ3) is 4.44. The molecule has 0 bridgehead atoms. The molecule has 3 aromatic rings. The van der Waals surface area contributed by atoms with Crippen LogP contribution >= 0.6 is 11.5 Å². The van der Waals surface area contributed by atoms with Gasteiger partial charge in [-0.05, 0) is 17.1 Å². The van der Waals surface area contributed by atoms with E-state index in [1.54, 1.807) is 22.5 Å². The lowest BCUT2D eigenvalue weighted by Crippen LogP contribution is -2.12. The Bertz CT molecular complexity index is 742. The van der Waals surface area contributed by atoms with Gasteiger partial charge in [0.15, 0.2) is 5.69 Å². The Labute approximate surface area is 137 Å². The van der Waals surface area contributed by atoms with E-state index in [0.29, 0.717) is 31.1 Å². The number of nitrogens with zero attached hydrogens (tertiary/aromatic N) is 4. The first-order valence-electron chi connectivity index (χ1n) is 7.04. The van der Waals surface area contributed by atoms with Gasteiger partial charge in [-0.1, -0.05) is 34.8 Å². The molecule has 0 aliphatic heterocycles. The van der Waals surface area contributed by atoms with Crippen LogP contribution in [0.2, 0.25) is 0 Å². The summed E-state index contributed by atoms with van der Waals surface area (Å²) in [6, 6.07) is 9.99. The smallest absolute Gasteiger partial charge is 0.277 e. The molecule has 0 saturated heterocycles. The predicted octanol–water partition coefficient (Wildman–Crippen LogP) is 2.20. The number of anilines is 1. The molecular weight excluding hydrogens is 314 g/mol. The molecule has 8 heteroatoms. The van der Waals surface area contributed by atoms with Crippen LogP contribution in [0.1, 0.15) is 16.1 Å². The molecule has 3 rings (SSSR count). The Kier molecular flexibility index (Phi) is 5.07. The highest BCUT2D eigenvalue weighted by atomic mass is 32.1. The summed E-state index contributed by atoms with van der Waals surface area (Å²) >= 11 is 1.14. The van der Waals surface area contributed by atoms with E-state index in [1.165, 1.54) is 0 Å². The number of nitrogens with one attached hydrogen (secondary N) is 1. The molecule has 1 amide bonds. The van der Waals surface area contributed by atoms with E-state index in [4.69, 9.17) is 4.74 Å². The van der Waals surface area contributed by atoms with Crippen LogP contribution in [0.15, 0.2) is 48.1 Å². The van der Waals surface area contributed by atoms with E-state index < -0.39 is 0 Å². The minimum atomic E-state index is -0.293. The second kappa shape index (κ2) is 7.61. The summed E-state index contributed by atoms with van der Waals surface area (Å²) in [5, 5.41) is 12.2. The summed E-state index contributed by atoms with van der Waals surface area (Å²) in [5.41, 5.74) is 2.05. The van der Waals surface area contributed by atoms with Crippen molar-refractivity contribution < 1.29 is 9.53 Å². The van der Waals surface area contributed by atoms with Crippen molar-refractivity contribution in [2.24, 2.45) is 0 Å². The van der Waals surface area contributed by atoms with Crippen LogP contribution in [0, 0.1) is 0 Å². The standard InChI is InChI=1S/C15H15N5O2S/c21-15(14-11-23-19-18-14)17-13-8-16-20(9-13)6-7-22-10-12-4-2-1-3-5-12/h1-5,8-9,11H,6-7,10H2,(H,17,21).